The predicted octanol–water partition coefficient (Wildman–Crippen LogP) is 4.70. The highest BCUT2D eigenvalue weighted by Gasteiger charge is 2.32. The molecule has 1 aliphatic rings. The molecule has 0 aliphatic carbocycles. The van der Waals surface area contributed by atoms with Crippen LogP contribution >= 0.6 is 11.6 Å². The Morgan fingerprint density at radius 1 is 1.10 bits per heavy atom. The Labute approximate surface area is 175 Å². The van der Waals surface area contributed by atoms with E-state index in [1.54, 1.807) is 36.5 Å². The lowest BCUT2D eigenvalue weighted by molar-refractivity contribution is -0.108. The van der Waals surface area contributed by atoms with Crippen LogP contribution in [0.3, 0.4) is 0 Å². The fourth-order valence-electron chi connectivity index (χ4n) is 3.42. The van der Waals surface area contributed by atoms with E-state index in [0.717, 1.165) is 23.0 Å². The third-order valence-corrected chi connectivity index (χ3v) is 5.59. The number of fused-ring (bicyclic) bond motifs is 1. The lowest BCUT2D eigenvalue weighted by atomic mass is 9.84. The van der Waals surface area contributed by atoms with Gasteiger partial charge in [0, 0.05) is 28.5 Å². The second-order valence-corrected chi connectivity index (χ2v) is 7.79. The summed E-state index contributed by atoms with van der Waals surface area (Å²) >= 11 is 4.44. The summed E-state index contributed by atoms with van der Waals surface area (Å²) in [5, 5.41) is 0.280. The Morgan fingerprint density at radius 3 is 2.55 bits per heavy atom. The van der Waals surface area contributed by atoms with E-state index in [2.05, 4.69) is 4.98 Å². The Bertz CT molecular complexity index is 1130. The molecule has 1 aliphatic heterocycles. The summed E-state index contributed by atoms with van der Waals surface area (Å²) in [5.41, 5.74) is 3.47. The van der Waals surface area contributed by atoms with Crippen LogP contribution < -0.4 is 4.74 Å². The quantitative estimate of drug-likeness (QED) is 0.364. The number of pyridine rings is 1. The molecular weight excluding hydrogens is 410 g/mol. The van der Waals surface area contributed by atoms with Crippen LogP contribution in [-0.2, 0) is 21.6 Å². The van der Waals surface area contributed by atoms with Gasteiger partial charge in [0.25, 0.3) is 0 Å². The normalized spacial score (nSPS) is 16.7. The van der Waals surface area contributed by atoms with Crippen molar-refractivity contribution in [1.82, 2.24) is 4.98 Å². The molecule has 0 saturated heterocycles. The van der Waals surface area contributed by atoms with Crippen LogP contribution in [0.25, 0.3) is 11.3 Å². The van der Waals surface area contributed by atoms with Crippen molar-refractivity contribution in [1.29, 1.82) is 0 Å². The number of aldehydes is 1. The summed E-state index contributed by atoms with van der Waals surface area (Å²) in [6.07, 6.45) is 2.46. The molecule has 146 valence electrons. The molecule has 2 unspecified atom stereocenters. The molecule has 7 heteroatoms. The summed E-state index contributed by atoms with van der Waals surface area (Å²) in [4.78, 5) is 16.3. The van der Waals surface area contributed by atoms with E-state index in [0.29, 0.717) is 22.6 Å². The van der Waals surface area contributed by atoms with Crippen LogP contribution in [0, 0.1) is 0 Å². The SMILES string of the molecule is O=CC1C(c2cccnc2Cl)=C(c2ccc(CS(=O)O)cc2)Oc2ccccc21. The monoisotopic (exact) mass is 425 g/mol. The Balaban J connectivity index is 1.91. The number of rotatable bonds is 5. The second-order valence-electron chi connectivity index (χ2n) is 6.50. The van der Waals surface area contributed by atoms with Gasteiger partial charge in [0.05, 0.1) is 11.7 Å². The second kappa shape index (κ2) is 8.29. The highest BCUT2D eigenvalue weighted by molar-refractivity contribution is 7.78. The number of ether oxygens (including phenoxy) is 1. The number of allylic oxidation sites excluding steroid dienone is 1. The summed E-state index contributed by atoms with van der Waals surface area (Å²) in [6, 6.07) is 18.1. The average molecular weight is 426 g/mol. The molecule has 3 aromatic rings. The smallest absolute Gasteiger partial charge is 0.157 e. The van der Waals surface area contributed by atoms with Crippen molar-refractivity contribution in [2.24, 2.45) is 0 Å². The van der Waals surface area contributed by atoms with Gasteiger partial charge in [-0.2, -0.15) is 0 Å². The Morgan fingerprint density at radius 2 is 1.86 bits per heavy atom. The van der Waals surface area contributed by atoms with Gasteiger partial charge in [-0.1, -0.05) is 54.1 Å². The molecule has 2 atom stereocenters. The lowest BCUT2D eigenvalue weighted by Gasteiger charge is -2.28. The molecule has 1 aromatic heterocycles. The van der Waals surface area contributed by atoms with Gasteiger partial charge in [-0.25, -0.2) is 9.19 Å². The third-order valence-electron chi connectivity index (χ3n) is 4.71. The van der Waals surface area contributed by atoms with Crippen molar-refractivity contribution in [2.45, 2.75) is 11.7 Å². The molecule has 4 rings (SSSR count). The van der Waals surface area contributed by atoms with E-state index in [1.807, 2.05) is 30.3 Å². The first-order chi connectivity index (χ1) is 14.1. The fraction of sp³-hybridized carbons (Fsp3) is 0.0909. The first kappa shape index (κ1) is 19.5. The molecule has 0 saturated carbocycles. The number of halogens is 1. The van der Waals surface area contributed by atoms with E-state index in [9.17, 15) is 9.00 Å². The first-order valence-electron chi connectivity index (χ1n) is 8.82. The minimum atomic E-state index is -1.92. The molecule has 2 heterocycles. The van der Waals surface area contributed by atoms with Crippen LogP contribution in [0.4, 0.5) is 0 Å². The van der Waals surface area contributed by atoms with Crippen LogP contribution in [0.5, 0.6) is 5.75 Å². The standard InChI is InChI=1S/C22H16ClNO4S/c23-22-17(5-3-11-24-22)20-18(12-25)16-4-1-2-6-19(16)28-21(20)15-9-7-14(8-10-15)13-29(26)27/h1-12,18H,13H2,(H,26,27). The summed E-state index contributed by atoms with van der Waals surface area (Å²) in [6.45, 7) is 0. The largest absolute Gasteiger partial charge is 0.456 e. The maximum Gasteiger partial charge on any atom is 0.157 e. The minimum Gasteiger partial charge on any atom is -0.456 e. The highest BCUT2D eigenvalue weighted by atomic mass is 35.5. The number of benzene rings is 2. The van der Waals surface area contributed by atoms with Crippen LogP contribution in [-0.4, -0.2) is 20.0 Å². The zero-order chi connectivity index (χ0) is 20.4. The van der Waals surface area contributed by atoms with Crippen LogP contribution in [0.15, 0.2) is 66.9 Å². The minimum absolute atomic E-state index is 0.0429. The van der Waals surface area contributed by atoms with E-state index >= 15 is 0 Å². The zero-order valence-corrected chi connectivity index (χ0v) is 16.7. The molecule has 0 fully saturated rings. The van der Waals surface area contributed by atoms with Crippen molar-refractivity contribution in [2.75, 3.05) is 0 Å². The van der Waals surface area contributed by atoms with Gasteiger partial charge in [0.15, 0.2) is 11.1 Å². The lowest BCUT2D eigenvalue weighted by Crippen LogP contribution is -2.16. The number of hydrogen-bond acceptors (Lipinski definition) is 4. The summed E-state index contributed by atoms with van der Waals surface area (Å²) in [5.74, 6) is 0.582. The van der Waals surface area contributed by atoms with Crippen molar-refractivity contribution < 1.29 is 18.3 Å². The van der Waals surface area contributed by atoms with Gasteiger partial charge in [0.1, 0.15) is 22.9 Å². The van der Waals surface area contributed by atoms with E-state index in [4.69, 9.17) is 20.9 Å². The van der Waals surface area contributed by atoms with Gasteiger partial charge in [-0.15, -0.1) is 0 Å². The van der Waals surface area contributed by atoms with Gasteiger partial charge in [0.2, 0.25) is 0 Å². The van der Waals surface area contributed by atoms with Crippen molar-refractivity contribution in [3.8, 4) is 5.75 Å². The van der Waals surface area contributed by atoms with Gasteiger partial charge in [-0.05, 0) is 23.8 Å². The molecule has 0 spiro atoms. The van der Waals surface area contributed by atoms with Gasteiger partial charge in [-0.3, -0.25) is 0 Å². The molecule has 2 aromatic carbocycles. The van der Waals surface area contributed by atoms with Crippen LogP contribution in [0.2, 0.25) is 5.15 Å². The molecule has 5 nitrogen and oxygen atoms in total. The summed E-state index contributed by atoms with van der Waals surface area (Å²) < 4.78 is 26.4. The van der Waals surface area contributed by atoms with Gasteiger partial charge < -0.3 is 14.1 Å². The molecule has 0 amide bonds. The van der Waals surface area contributed by atoms with E-state index in [-0.39, 0.29) is 10.9 Å². The molecule has 1 N–H and O–H groups in total. The average Bonchev–Trinajstić information content (AvgIpc) is 2.73. The molecule has 0 radical (unpaired) electrons. The van der Waals surface area contributed by atoms with Crippen molar-refractivity contribution in [3.63, 3.8) is 0 Å². The topological polar surface area (TPSA) is 76.5 Å². The summed E-state index contributed by atoms with van der Waals surface area (Å²) in [7, 11) is 0. The molecular formula is C22H16ClNO4S. The molecule has 0 bridgehead atoms. The number of hydrogen-bond donors (Lipinski definition) is 1. The number of para-hydroxylation sites is 1. The third kappa shape index (κ3) is 3.87. The van der Waals surface area contributed by atoms with E-state index < -0.39 is 17.0 Å². The number of aromatic nitrogens is 1. The van der Waals surface area contributed by atoms with Gasteiger partial charge >= 0.3 is 0 Å². The highest BCUT2D eigenvalue weighted by Crippen LogP contribution is 2.46. The Kier molecular flexibility index (Phi) is 5.58. The Hall–Kier alpha value is -2.80. The van der Waals surface area contributed by atoms with E-state index in [1.165, 1.54) is 0 Å². The number of nitrogens with zero attached hydrogens (tertiary/aromatic N) is 1. The number of carbonyl (C=O) groups is 1. The zero-order valence-electron chi connectivity index (χ0n) is 15.1. The predicted molar refractivity (Wildman–Crippen MR) is 113 cm³/mol. The first-order valence-corrected chi connectivity index (χ1v) is 10.5. The fourth-order valence-corrected chi connectivity index (χ4v) is 4.12. The maximum absolute atomic E-state index is 12.2. The van der Waals surface area contributed by atoms with Crippen LogP contribution in [0.1, 0.15) is 28.2 Å². The molecule has 29 heavy (non-hydrogen) atoms. The van der Waals surface area contributed by atoms with Crippen molar-refractivity contribution >= 4 is 40.3 Å². The maximum atomic E-state index is 12.2. The number of carbonyl (C=O) groups excluding carboxylic acids is 1. The van der Waals surface area contributed by atoms with Crippen molar-refractivity contribution in [3.05, 3.63) is 94.3 Å².